The minimum atomic E-state index is -0.723. The van der Waals surface area contributed by atoms with Crippen LogP contribution in [0.2, 0.25) is 0 Å². The Labute approximate surface area is 196 Å². The number of hydrogen-bond acceptors (Lipinski definition) is 8. The summed E-state index contributed by atoms with van der Waals surface area (Å²) in [5.41, 5.74) is 1.73. The average Bonchev–Trinajstić information content (AvgIpc) is 3.14. The van der Waals surface area contributed by atoms with Crippen molar-refractivity contribution in [2.24, 2.45) is 0 Å². The largest absolute Gasteiger partial charge is 0.462 e. The van der Waals surface area contributed by atoms with Crippen molar-refractivity contribution in [2.45, 2.75) is 44.4 Å². The van der Waals surface area contributed by atoms with E-state index >= 15 is 0 Å². The number of benzene rings is 1. The molecule has 1 atom stereocenters. The zero-order chi connectivity index (χ0) is 24.0. The summed E-state index contributed by atoms with van der Waals surface area (Å²) in [4.78, 5) is 46.2. The van der Waals surface area contributed by atoms with Gasteiger partial charge in [0.1, 0.15) is 22.7 Å². The van der Waals surface area contributed by atoms with Gasteiger partial charge in [-0.15, -0.1) is 0 Å². The van der Waals surface area contributed by atoms with Crippen LogP contribution in [0.1, 0.15) is 53.7 Å². The molecule has 3 aromatic rings. The van der Waals surface area contributed by atoms with E-state index in [2.05, 4.69) is 15.3 Å². The van der Waals surface area contributed by atoms with E-state index in [0.717, 1.165) is 11.3 Å². The van der Waals surface area contributed by atoms with E-state index in [9.17, 15) is 14.4 Å². The maximum Gasteiger partial charge on any atom is 0.344 e. The van der Waals surface area contributed by atoms with Gasteiger partial charge in [-0.1, -0.05) is 49.0 Å². The molecule has 1 aromatic carbocycles. The Balaban J connectivity index is 1.83. The van der Waals surface area contributed by atoms with E-state index in [0.29, 0.717) is 11.4 Å². The summed E-state index contributed by atoms with van der Waals surface area (Å²) in [6, 6.07) is 11.5. The van der Waals surface area contributed by atoms with Crippen LogP contribution in [-0.2, 0) is 9.53 Å². The molecule has 2 heterocycles. The third-order valence-electron chi connectivity index (χ3n) is 4.79. The number of carbonyl (C=O) groups excluding carboxylic acids is 3. The second-order valence-corrected chi connectivity index (χ2v) is 8.35. The van der Waals surface area contributed by atoms with E-state index < -0.39 is 11.2 Å². The van der Waals surface area contributed by atoms with Crippen molar-refractivity contribution in [3.63, 3.8) is 0 Å². The Morgan fingerprint density at radius 3 is 2.48 bits per heavy atom. The van der Waals surface area contributed by atoms with Crippen LogP contribution < -0.4 is 5.32 Å². The van der Waals surface area contributed by atoms with Crippen molar-refractivity contribution >= 4 is 35.3 Å². The highest BCUT2D eigenvalue weighted by atomic mass is 32.2. The standard InChI is InChI=1S/C24H25N3O5S/c1-5-18(33-19-12-17(25-13-26-19)16-10-8-7-9-11-16)22(29)27-23-21(24(30)31-6-2)20(14(3)28)15(4)32-23/h7-13,18H,5-6H2,1-4H3,(H,27,29). The number of amides is 1. The first-order chi connectivity index (χ1) is 15.8. The van der Waals surface area contributed by atoms with E-state index in [1.807, 2.05) is 43.3 Å². The summed E-state index contributed by atoms with van der Waals surface area (Å²) in [6.45, 7) is 6.55. The highest BCUT2D eigenvalue weighted by molar-refractivity contribution is 8.00. The highest BCUT2D eigenvalue weighted by Crippen LogP contribution is 2.31. The third-order valence-corrected chi connectivity index (χ3v) is 6.09. The van der Waals surface area contributed by atoms with Crippen LogP contribution in [0.25, 0.3) is 11.3 Å². The van der Waals surface area contributed by atoms with Crippen molar-refractivity contribution in [2.75, 3.05) is 11.9 Å². The number of rotatable bonds is 9. The van der Waals surface area contributed by atoms with Crippen LogP contribution in [-0.4, -0.2) is 39.5 Å². The predicted octanol–water partition coefficient (Wildman–Crippen LogP) is 4.93. The summed E-state index contributed by atoms with van der Waals surface area (Å²) < 4.78 is 10.6. The molecule has 33 heavy (non-hydrogen) atoms. The summed E-state index contributed by atoms with van der Waals surface area (Å²) >= 11 is 1.28. The normalized spacial score (nSPS) is 11.6. The topological polar surface area (TPSA) is 111 Å². The van der Waals surface area contributed by atoms with Gasteiger partial charge in [0.05, 0.1) is 23.1 Å². The lowest BCUT2D eigenvalue weighted by Gasteiger charge is -2.14. The highest BCUT2D eigenvalue weighted by Gasteiger charge is 2.30. The molecule has 0 fully saturated rings. The first-order valence-corrected chi connectivity index (χ1v) is 11.4. The predicted molar refractivity (Wildman–Crippen MR) is 125 cm³/mol. The molecule has 0 aliphatic heterocycles. The molecule has 1 N–H and O–H groups in total. The van der Waals surface area contributed by atoms with Gasteiger partial charge in [-0.05, 0) is 33.3 Å². The number of anilines is 1. The number of aromatic nitrogens is 2. The van der Waals surface area contributed by atoms with Crippen molar-refractivity contribution in [1.29, 1.82) is 0 Å². The van der Waals surface area contributed by atoms with Crippen LogP contribution in [0.5, 0.6) is 0 Å². The molecule has 1 unspecified atom stereocenters. The molecule has 2 aromatic heterocycles. The zero-order valence-electron chi connectivity index (χ0n) is 18.9. The minimum Gasteiger partial charge on any atom is -0.462 e. The molecule has 0 aliphatic carbocycles. The van der Waals surface area contributed by atoms with Gasteiger partial charge in [0, 0.05) is 5.56 Å². The molecule has 9 heteroatoms. The number of aryl methyl sites for hydroxylation is 1. The maximum atomic E-state index is 13.1. The van der Waals surface area contributed by atoms with Crippen LogP contribution in [0.15, 0.2) is 52.2 Å². The Bertz CT molecular complexity index is 1160. The monoisotopic (exact) mass is 467 g/mol. The molecule has 0 aliphatic rings. The van der Waals surface area contributed by atoms with E-state index in [4.69, 9.17) is 9.15 Å². The van der Waals surface area contributed by atoms with Crippen LogP contribution >= 0.6 is 11.8 Å². The zero-order valence-corrected chi connectivity index (χ0v) is 19.7. The molecular weight excluding hydrogens is 442 g/mol. The number of Topliss-reactive ketones (excluding diaryl/α,β-unsaturated/α-hetero) is 1. The van der Waals surface area contributed by atoms with Crippen LogP contribution in [0.4, 0.5) is 5.88 Å². The summed E-state index contributed by atoms with van der Waals surface area (Å²) in [5, 5.41) is 2.77. The third kappa shape index (κ3) is 5.67. The summed E-state index contributed by atoms with van der Waals surface area (Å²) in [6.07, 6.45) is 1.96. The molecule has 0 bridgehead atoms. The molecule has 0 spiro atoms. The second-order valence-electron chi connectivity index (χ2n) is 7.13. The van der Waals surface area contributed by atoms with Gasteiger partial charge < -0.3 is 9.15 Å². The summed E-state index contributed by atoms with van der Waals surface area (Å²) in [7, 11) is 0. The molecule has 0 saturated carbocycles. The first kappa shape index (κ1) is 24.2. The maximum absolute atomic E-state index is 13.1. The van der Waals surface area contributed by atoms with Gasteiger partial charge in [-0.2, -0.15) is 0 Å². The number of thioether (sulfide) groups is 1. The van der Waals surface area contributed by atoms with Gasteiger partial charge in [-0.3, -0.25) is 14.9 Å². The SMILES string of the molecule is CCOC(=O)c1c(NC(=O)C(CC)Sc2cc(-c3ccccc3)ncn2)oc(C)c1C(C)=O. The number of carbonyl (C=O) groups is 3. The molecule has 1 amide bonds. The smallest absolute Gasteiger partial charge is 0.344 e. The van der Waals surface area contributed by atoms with Gasteiger partial charge in [0.15, 0.2) is 5.78 Å². The molecule has 3 rings (SSSR count). The van der Waals surface area contributed by atoms with Gasteiger partial charge in [0.2, 0.25) is 11.8 Å². The Morgan fingerprint density at radius 2 is 1.85 bits per heavy atom. The van der Waals surface area contributed by atoms with Gasteiger partial charge in [-0.25, -0.2) is 14.8 Å². The second kappa shape index (κ2) is 10.9. The van der Waals surface area contributed by atoms with E-state index in [1.54, 1.807) is 13.8 Å². The van der Waals surface area contributed by atoms with Crippen molar-refractivity contribution in [3.8, 4) is 11.3 Å². The first-order valence-electron chi connectivity index (χ1n) is 10.5. The average molecular weight is 468 g/mol. The fourth-order valence-corrected chi connectivity index (χ4v) is 4.20. The molecule has 172 valence electrons. The number of nitrogens with zero attached hydrogens (tertiary/aromatic N) is 2. The lowest BCUT2D eigenvalue weighted by atomic mass is 10.1. The molecule has 8 nitrogen and oxygen atoms in total. The Kier molecular flexibility index (Phi) is 8.00. The number of ketones is 1. The van der Waals surface area contributed by atoms with Crippen molar-refractivity contribution in [3.05, 3.63) is 59.6 Å². The number of hydrogen-bond donors (Lipinski definition) is 1. The number of esters is 1. The lowest BCUT2D eigenvalue weighted by Crippen LogP contribution is -2.25. The quantitative estimate of drug-likeness (QED) is 0.204. The fourth-order valence-electron chi connectivity index (χ4n) is 3.29. The lowest BCUT2D eigenvalue weighted by molar-refractivity contribution is -0.115. The van der Waals surface area contributed by atoms with Crippen molar-refractivity contribution in [1.82, 2.24) is 9.97 Å². The number of furan rings is 1. The molecule has 0 saturated heterocycles. The van der Waals surface area contributed by atoms with Crippen LogP contribution in [0, 0.1) is 6.92 Å². The minimum absolute atomic E-state index is 0.0662. The van der Waals surface area contributed by atoms with Gasteiger partial charge >= 0.3 is 5.97 Å². The number of nitrogens with one attached hydrogen (secondary N) is 1. The molecular formula is C24H25N3O5S. The van der Waals surface area contributed by atoms with E-state index in [1.165, 1.54) is 25.0 Å². The fraction of sp³-hybridized carbons (Fsp3) is 0.292. The summed E-state index contributed by atoms with van der Waals surface area (Å²) in [5.74, 6) is -1.30. The van der Waals surface area contributed by atoms with Gasteiger partial charge in [0.25, 0.3) is 0 Å². The van der Waals surface area contributed by atoms with Crippen molar-refractivity contribution < 1.29 is 23.5 Å². The van der Waals surface area contributed by atoms with Crippen LogP contribution in [0.3, 0.4) is 0 Å². The number of ether oxygens (including phenoxy) is 1. The Hall–Kier alpha value is -3.46. The Morgan fingerprint density at radius 1 is 1.12 bits per heavy atom. The van der Waals surface area contributed by atoms with E-state index in [-0.39, 0.29) is 41.1 Å². The molecule has 0 radical (unpaired) electrons.